The molecule has 0 aliphatic rings. The van der Waals surface area contributed by atoms with Gasteiger partial charge in [-0.15, -0.1) is 0 Å². The zero-order chi connectivity index (χ0) is 15.5. The molecule has 0 saturated heterocycles. The number of alkyl halides is 3. The molecule has 2 aromatic rings. The fourth-order valence-electron chi connectivity index (χ4n) is 2.02. The smallest absolute Gasteiger partial charge is 0.416 e. The Kier molecular flexibility index (Phi) is 4.31. The monoisotopic (exact) mass is 294 g/mol. The number of carbonyl (C=O) groups is 1. The third kappa shape index (κ3) is 3.62. The van der Waals surface area contributed by atoms with Gasteiger partial charge < -0.3 is 4.74 Å². The van der Waals surface area contributed by atoms with E-state index in [1.807, 2.05) is 0 Å². The van der Waals surface area contributed by atoms with Crippen molar-refractivity contribution in [1.29, 1.82) is 0 Å². The number of benzene rings is 2. The molecule has 0 heterocycles. The number of methoxy groups -OCH3 is 1. The average Bonchev–Trinajstić information content (AvgIpc) is 2.46. The van der Waals surface area contributed by atoms with Crippen LogP contribution in [0.5, 0.6) is 0 Å². The summed E-state index contributed by atoms with van der Waals surface area (Å²) in [5, 5.41) is 0. The normalized spacial score (nSPS) is 11.2. The van der Waals surface area contributed by atoms with Crippen LogP contribution >= 0.6 is 0 Å². The van der Waals surface area contributed by atoms with Crippen LogP contribution in [0.25, 0.3) is 0 Å². The summed E-state index contributed by atoms with van der Waals surface area (Å²) in [6.45, 7) is 0. The van der Waals surface area contributed by atoms with Gasteiger partial charge in [-0.3, -0.25) is 0 Å². The summed E-state index contributed by atoms with van der Waals surface area (Å²) in [4.78, 5) is 11.6. The molecular formula is C16H13F3O2. The van der Waals surface area contributed by atoms with Crippen LogP contribution in [0.4, 0.5) is 13.2 Å². The van der Waals surface area contributed by atoms with Crippen molar-refractivity contribution in [3.05, 3.63) is 70.8 Å². The lowest BCUT2D eigenvalue weighted by atomic mass is 9.99. The molecule has 0 aliphatic heterocycles. The maximum absolute atomic E-state index is 12.5. The van der Waals surface area contributed by atoms with Crippen molar-refractivity contribution in [2.45, 2.75) is 12.6 Å². The van der Waals surface area contributed by atoms with E-state index in [0.29, 0.717) is 23.1 Å². The lowest BCUT2D eigenvalue weighted by Crippen LogP contribution is -2.07. The van der Waals surface area contributed by atoms with Crippen LogP contribution < -0.4 is 0 Å². The van der Waals surface area contributed by atoms with Gasteiger partial charge in [0.25, 0.3) is 0 Å². The van der Waals surface area contributed by atoms with E-state index >= 15 is 0 Å². The van der Waals surface area contributed by atoms with E-state index in [1.54, 1.807) is 24.3 Å². The fourth-order valence-corrected chi connectivity index (χ4v) is 2.02. The second kappa shape index (κ2) is 5.99. The van der Waals surface area contributed by atoms with Gasteiger partial charge in [0.1, 0.15) is 0 Å². The third-order valence-electron chi connectivity index (χ3n) is 3.10. The summed E-state index contributed by atoms with van der Waals surface area (Å²) in [7, 11) is 1.29. The summed E-state index contributed by atoms with van der Waals surface area (Å²) >= 11 is 0. The van der Waals surface area contributed by atoms with Crippen molar-refractivity contribution in [3.63, 3.8) is 0 Å². The van der Waals surface area contributed by atoms with Crippen LogP contribution in [0.1, 0.15) is 27.0 Å². The SMILES string of the molecule is COC(=O)c1ccccc1Cc1ccc(C(F)(F)F)cc1. The molecule has 0 saturated carbocycles. The van der Waals surface area contributed by atoms with E-state index in [2.05, 4.69) is 0 Å². The minimum atomic E-state index is -4.34. The quantitative estimate of drug-likeness (QED) is 0.797. The number of hydrogen-bond acceptors (Lipinski definition) is 2. The predicted octanol–water partition coefficient (Wildman–Crippen LogP) is 4.08. The molecule has 0 amide bonds. The molecule has 2 rings (SSSR count). The summed E-state index contributed by atoms with van der Waals surface area (Å²) in [6, 6.07) is 11.8. The number of esters is 1. The largest absolute Gasteiger partial charge is 0.465 e. The molecule has 0 aromatic heterocycles. The highest BCUT2D eigenvalue weighted by Gasteiger charge is 2.29. The summed E-state index contributed by atoms with van der Waals surface area (Å²) in [5.41, 5.74) is 1.14. The number of ether oxygens (including phenoxy) is 1. The highest BCUT2D eigenvalue weighted by molar-refractivity contribution is 5.91. The van der Waals surface area contributed by atoms with Crippen molar-refractivity contribution < 1.29 is 22.7 Å². The maximum atomic E-state index is 12.5. The van der Waals surface area contributed by atoms with Gasteiger partial charge in [-0.1, -0.05) is 30.3 Å². The van der Waals surface area contributed by atoms with E-state index in [9.17, 15) is 18.0 Å². The minimum absolute atomic E-state index is 0.364. The minimum Gasteiger partial charge on any atom is -0.465 e. The zero-order valence-corrected chi connectivity index (χ0v) is 11.3. The summed E-state index contributed by atoms with van der Waals surface area (Å²) in [6.07, 6.45) is -3.98. The molecule has 2 aromatic carbocycles. The van der Waals surface area contributed by atoms with Crippen molar-refractivity contribution in [1.82, 2.24) is 0 Å². The van der Waals surface area contributed by atoms with Gasteiger partial charge in [-0.2, -0.15) is 13.2 Å². The van der Waals surface area contributed by atoms with E-state index in [4.69, 9.17) is 4.74 Å². The molecule has 2 nitrogen and oxygen atoms in total. The van der Waals surface area contributed by atoms with E-state index in [1.165, 1.54) is 19.2 Å². The molecule has 0 bridgehead atoms. The molecule has 0 unspecified atom stereocenters. The number of rotatable bonds is 3. The van der Waals surface area contributed by atoms with Gasteiger partial charge in [0, 0.05) is 0 Å². The Bertz CT molecular complexity index is 631. The van der Waals surface area contributed by atoms with Crippen LogP contribution in [0.3, 0.4) is 0 Å². The van der Waals surface area contributed by atoms with Crippen molar-refractivity contribution >= 4 is 5.97 Å². The maximum Gasteiger partial charge on any atom is 0.416 e. The molecule has 0 fully saturated rings. The van der Waals surface area contributed by atoms with Crippen LogP contribution in [-0.4, -0.2) is 13.1 Å². The molecule has 0 N–H and O–H groups in total. The van der Waals surface area contributed by atoms with Crippen LogP contribution in [0, 0.1) is 0 Å². The molecule has 0 spiro atoms. The first-order chi connectivity index (χ1) is 9.91. The first-order valence-corrected chi connectivity index (χ1v) is 6.24. The number of halogens is 3. The van der Waals surface area contributed by atoms with Crippen molar-refractivity contribution in [2.24, 2.45) is 0 Å². The molecule has 0 aliphatic carbocycles. The molecule has 0 radical (unpaired) electrons. The summed E-state index contributed by atoms with van der Waals surface area (Å²) in [5.74, 6) is -0.461. The van der Waals surface area contributed by atoms with Crippen LogP contribution in [0.2, 0.25) is 0 Å². The van der Waals surface area contributed by atoms with Gasteiger partial charge in [0.05, 0.1) is 18.2 Å². The molecular weight excluding hydrogens is 281 g/mol. The van der Waals surface area contributed by atoms with Gasteiger partial charge in [0.2, 0.25) is 0 Å². The van der Waals surface area contributed by atoms with Gasteiger partial charge in [-0.25, -0.2) is 4.79 Å². The lowest BCUT2D eigenvalue weighted by Gasteiger charge is -2.10. The Morgan fingerprint density at radius 2 is 1.67 bits per heavy atom. The van der Waals surface area contributed by atoms with Gasteiger partial charge in [0.15, 0.2) is 0 Å². The average molecular weight is 294 g/mol. The molecule has 0 atom stereocenters. The lowest BCUT2D eigenvalue weighted by molar-refractivity contribution is -0.137. The topological polar surface area (TPSA) is 26.3 Å². The standard InChI is InChI=1S/C16H13F3O2/c1-21-15(20)14-5-3-2-4-12(14)10-11-6-8-13(9-7-11)16(17,18)19/h2-9H,10H2,1H3. The van der Waals surface area contributed by atoms with Crippen LogP contribution in [0.15, 0.2) is 48.5 Å². The molecule has 110 valence electrons. The highest BCUT2D eigenvalue weighted by atomic mass is 19.4. The predicted molar refractivity (Wildman–Crippen MR) is 72.0 cm³/mol. The first kappa shape index (κ1) is 15.1. The Balaban J connectivity index is 2.25. The number of hydrogen-bond donors (Lipinski definition) is 0. The van der Waals surface area contributed by atoms with Crippen molar-refractivity contribution in [2.75, 3.05) is 7.11 Å². The zero-order valence-electron chi connectivity index (χ0n) is 11.3. The van der Waals surface area contributed by atoms with E-state index < -0.39 is 17.7 Å². The van der Waals surface area contributed by atoms with Crippen molar-refractivity contribution in [3.8, 4) is 0 Å². The number of carbonyl (C=O) groups excluding carboxylic acids is 1. The van der Waals surface area contributed by atoms with Gasteiger partial charge >= 0.3 is 12.1 Å². The third-order valence-corrected chi connectivity index (χ3v) is 3.10. The summed E-state index contributed by atoms with van der Waals surface area (Å²) < 4.78 is 42.2. The van der Waals surface area contributed by atoms with E-state index in [0.717, 1.165) is 12.1 Å². The van der Waals surface area contributed by atoms with E-state index in [-0.39, 0.29) is 0 Å². The second-order valence-corrected chi connectivity index (χ2v) is 4.52. The Labute approximate surface area is 120 Å². The Morgan fingerprint density at radius 3 is 2.24 bits per heavy atom. The molecule has 5 heteroatoms. The highest BCUT2D eigenvalue weighted by Crippen LogP contribution is 2.29. The van der Waals surface area contributed by atoms with Gasteiger partial charge in [-0.05, 0) is 35.7 Å². The Hall–Kier alpha value is -2.30. The molecule has 21 heavy (non-hydrogen) atoms. The Morgan fingerprint density at radius 1 is 1.05 bits per heavy atom. The first-order valence-electron chi connectivity index (χ1n) is 6.24. The second-order valence-electron chi connectivity index (χ2n) is 4.52. The van der Waals surface area contributed by atoms with Crippen LogP contribution in [-0.2, 0) is 17.3 Å². The fraction of sp³-hybridized carbons (Fsp3) is 0.188.